The molecule has 12 nitrogen and oxygen atoms in total. The molecule has 3 aliphatic rings. The topological polar surface area (TPSA) is 206 Å². The standard InChI is InChI=1S/C18H10Cl2N4O8S2/c19-5-3-8-16(18(12(5)22)34(28,29)30)32-14-9(23-8)4-10-13(11(14)20)24-7-2-1-6(21)17(15(7)31-10)33(25,26)27/h1-4,22,24H,21H2,(H,25,26,27)(H,28,29,30). The van der Waals surface area contributed by atoms with Crippen LogP contribution in [-0.4, -0.2) is 30.9 Å². The van der Waals surface area contributed by atoms with Crippen LogP contribution in [0.15, 0.2) is 38.5 Å². The van der Waals surface area contributed by atoms with Gasteiger partial charge in [-0.25, -0.2) is 4.98 Å². The molecule has 2 aromatic carbocycles. The number of hydrogen-bond acceptors (Lipinski definition) is 10. The summed E-state index contributed by atoms with van der Waals surface area (Å²) in [5, 5.41) is 9.62. The van der Waals surface area contributed by atoms with Crippen LogP contribution < -0.4 is 21.1 Å². The van der Waals surface area contributed by atoms with Crippen molar-refractivity contribution in [3.05, 3.63) is 39.7 Å². The molecule has 16 heteroatoms. The van der Waals surface area contributed by atoms with Crippen LogP contribution in [0.3, 0.4) is 0 Å². The molecule has 0 radical (unpaired) electrons. The summed E-state index contributed by atoms with van der Waals surface area (Å²) in [4.78, 5) is 2.71. The van der Waals surface area contributed by atoms with Gasteiger partial charge in [0.25, 0.3) is 10.1 Å². The van der Waals surface area contributed by atoms with Gasteiger partial charge in [0.1, 0.15) is 21.9 Å². The Bertz CT molecular complexity index is 1820. The first kappa shape index (κ1) is 22.6. The number of aromatic nitrogens is 1. The predicted octanol–water partition coefficient (Wildman–Crippen LogP) is 3.64. The van der Waals surface area contributed by atoms with Gasteiger partial charge in [-0.1, -0.05) is 23.2 Å². The second-order valence-electron chi connectivity index (χ2n) is 7.07. The molecule has 0 saturated heterocycles. The fraction of sp³-hybridized carbons (Fsp3) is 0. The van der Waals surface area contributed by atoms with E-state index in [4.69, 9.17) is 43.5 Å². The molecule has 6 N–H and O–H groups in total. The Balaban J connectivity index is 1.82. The highest BCUT2D eigenvalue weighted by Gasteiger charge is 2.32. The Labute approximate surface area is 200 Å². The van der Waals surface area contributed by atoms with E-state index in [9.17, 15) is 25.9 Å². The third-order valence-electron chi connectivity index (χ3n) is 4.91. The summed E-state index contributed by atoms with van der Waals surface area (Å²) in [6.45, 7) is 0. The number of hydrogen-bond donors (Lipinski definition) is 5. The fourth-order valence-electron chi connectivity index (χ4n) is 3.52. The van der Waals surface area contributed by atoms with Crippen molar-refractivity contribution in [2.45, 2.75) is 9.79 Å². The lowest BCUT2D eigenvalue weighted by molar-refractivity contribution is 0.449. The van der Waals surface area contributed by atoms with Gasteiger partial charge < -0.3 is 20.2 Å². The molecule has 0 bridgehead atoms. The van der Waals surface area contributed by atoms with Crippen LogP contribution in [0.1, 0.15) is 0 Å². The van der Waals surface area contributed by atoms with Crippen LogP contribution in [-0.2, 0) is 20.2 Å². The van der Waals surface area contributed by atoms with E-state index < -0.39 is 41.1 Å². The summed E-state index contributed by atoms with van der Waals surface area (Å²) >= 11 is 12.4. The van der Waals surface area contributed by atoms with Crippen LogP contribution in [0.5, 0.6) is 11.5 Å². The van der Waals surface area contributed by atoms with Crippen molar-refractivity contribution in [1.82, 2.24) is 4.98 Å². The third kappa shape index (κ3) is 3.34. The third-order valence-corrected chi connectivity index (χ3v) is 7.41. The van der Waals surface area contributed by atoms with Crippen molar-refractivity contribution in [3.8, 4) is 23.0 Å². The lowest BCUT2D eigenvalue weighted by Gasteiger charge is -2.25. The molecule has 0 aromatic heterocycles. The number of halogens is 2. The lowest BCUT2D eigenvalue weighted by atomic mass is 10.1. The number of rotatable bonds is 2. The van der Waals surface area contributed by atoms with E-state index in [2.05, 4.69) is 10.3 Å². The number of nitrogens with two attached hydrogens (primary N) is 1. The van der Waals surface area contributed by atoms with E-state index in [1.165, 1.54) is 18.2 Å². The molecule has 5 rings (SSSR count). The van der Waals surface area contributed by atoms with Crippen LogP contribution in [0.25, 0.3) is 22.6 Å². The molecule has 0 saturated carbocycles. The fourth-order valence-corrected chi connectivity index (χ4v) is 5.55. The zero-order valence-corrected chi connectivity index (χ0v) is 19.4. The van der Waals surface area contributed by atoms with E-state index in [1.54, 1.807) is 0 Å². The Morgan fingerprint density at radius 1 is 1.06 bits per heavy atom. The van der Waals surface area contributed by atoms with Gasteiger partial charge in [0, 0.05) is 6.07 Å². The summed E-state index contributed by atoms with van der Waals surface area (Å²) in [5.74, 6) is -0.746. The first-order valence-electron chi connectivity index (χ1n) is 8.94. The molecule has 2 aliphatic heterocycles. The maximum atomic E-state index is 11.9. The zero-order valence-electron chi connectivity index (χ0n) is 16.3. The maximum absolute atomic E-state index is 11.9. The largest absolute Gasteiger partial charge is 0.451 e. The van der Waals surface area contributed by atoms with Crippen molar-refractivity contribution >= 4 is 71.6 Å². The van der Waals surface area contributed by atoms with Crippen LogP contribution in [0.2, 0.25) is 10.0 Å². The smallest absolute Gasteiger partial charge is 0.300 e. The first-order valence-corrected chi connectivity index (χ1v) is 12.6. The normalized spacial score (nSPS) is 13.3. The van der Waals surface area contributed by atoms with Gasteiger partial charge in [-0.3, -0.25) is 14.5 Å². The molecular weight excluding hydrogens is 535 g/mol. The molecule has 0 amide bonds. The second kappa shape index (κ2) is 7.18. The minimum absolute atomic E-state index is 0.0132. The second-order valence-corrected chi connectivity index (χ2v) is 10.6. The van der Waals surface area contributed by atoms with Crippen molar-refractivity contribution in [2.75, 3.05) is 11.1 Å². The summed E-state index contributed by atoms with van der Waals surface area (Å²) in [6.07, 6.45) is 0. The van der Waals surface area contributed by atoms with Crippen LogP contribution in [0, 0.1) is 5.41 Å². The molecule has 0 unspecified atom stereocenters. The minimum Gasteiger partial charge on any atom is -0.451 e. The number of anilines is 3. The van der Waals surface area contributed by atoms with Crippen molar-refractivity contribution in [2.24, 2.45) is 0 Å². The van der Waals surface area contributed by atoms with Gasteiger partial charge >= 0.3 is 10.1 Å². The van der Waals surface area contributed by atoms with E-state index in [0.29, 0.717) is 0 Å². The minimum atomic E-state index is -4.93. The Kier molecular flexibility index (Phi) is 4.78. The Morgan fingerprint density at radius 2 is 1.74 bits per heavy atom. The van der Waals surface area contributed by atoms with Gasteiger partial charge in [0.2, 0.25) is 0 Å². The Morgan fingerprint density at radius 3 is 2.38 bits per heavy atom. The number of benzene rings is 3. The van der Waals surface area contributed by atoms with Gasteiger partial charge in [-0.05, 0) is 18.2 Å². The highest BCUT2D eigenvalue weighted by Crippen LogP contribution is 2.51. The molecule has 0 atom stereocenters. The molecule has 2 heterocycles. The average molecular weight is 545 g/mol. The van der Waals surface area contributed by atoms with Crippen molar-refractivity contribution in [3.63, 3.8) is 0 Å². The molecule has 0 fully saturated rings. The summed E-state index contributed by atoms with van der Waals surface area (Å²) in [5.41, 5.74) is 5.44. The molecule has 2 aromatic rings. The highest BCUT2D eigenvalue weighted by atomic mass is 35.5. The van der Waals surface area contributed by atoms with E-state index >= 15 is 0 Å². The summed E-state index contributed by atoms with van der Waals surface area (Å²) in [7, 11) is -9.68. The maximum Gasteiger partial charge on any atom is 0.300 e. The zero-order chi connectivity index (χ0) is 24.7. The number of ether oxygens (including phenoxy) is 1. The number of nitrogen functional groups attached to an aromatic ring is 1. The quantitative estimate of drug-likeness (QED) is 0.123. The molecule has 0 spiro atoms. The predicted molar refractivity (Wildman–Crippen MR) is 120 cm³/mol. The number of fused-ring (bicyclic) bond motifs is 4. The average Bonchev–Trinajstić information content (AvgIpc) is 2.71. The van der Waals surface area contributed by atoms with E-state index in [0.717, 1.165) is 6.07 Å². The van der Waals surface area contributed by atoms with E-state index in [-0.39, 0.29) is 55.4 Å². The molecule has 176 valence electrons. The first-order chi connectivity index (χ1) is 15.8. The van der Waals surface area contributed by atoms with Gasteiger partial charge in [0.05, 0.1) is 21.8 Å². The summed E-state index contributed by atoms with van der Waals surface area (Å²) in [6, 6.07) is 5.09. The molecular formula is C18H10Cl2N4O8S2. The molecule has 34 heavy (non-hydrogen) atoms. The summed E-state index contributed by atoms with van der Waals surface area (Å²) < 4.78 is 78.1. The highest BCUT2D eigenvalue weighted by molar-refractivity contribution is 7.86. The number of nitrogens with zero attached hydrogens (tertiary/aromatic N) is 1. The van der Waals surface area contributed by atoms with Gasteiger partial charge in [0.15, 0.2) is 32.6 Å². The Hall–Kier alpha value is -3.14. The van der Waals surface area contributed by atoms with Gasteiger partial charge in [-0.15, -0.1) is 0 Å². The van der Waals surface area contributed by atoms with Crippen LogP contribution in [0.4, 0.5) is 17.1 Å². The van der Waals surface area contributed by atoms with Crippen molar-refractivity contribution in [1.29, 1.82) is 5.41 Å². The molecule has 1 aliphatic carbocycles. The lowest BCUT2D eigenvalue weighted by Crippen LogP contribution is -2.17. The monoisotopic (exact) mass is 544 g/mol. The van der Waals surface area contributed by atoms with Crippen LogP contribution >= 0.6 is 23.2 Å². The van der Waals surface area contributed by atoms with Gasteiger partial charge in [-0.2, -0.15) is 16.8 Å². The van der Waals surface area contributed by atoms with E-state index in [1.807, 2.05) is 0 Å². The SMILES string of the molecule is N=c1c(Cl)cc2nc3cc4c(c(Cl)c3oc-2c1S(=O)(=O)O)Nc1ccc(N)c(S(=O)(=O)O)c1O4. The van der Waals surface area contributed by atoms with Crippen molar-refractivity contribution < 1.29 is 35.1 Å². The number of nitrogens with one attached hydrogen (secondary N) is 2.